The molecule has 0 saturated carbocycles. The maximum atomic E-state index is 13.0. The van der Waals surface area contributed by atoms with Gasteiger partial charge in [-0.05, 0) is 18.6 Å². The molecule has 4 heteroatoms. The number of nitriles is 1. The van der Waals surface area contributed by atoms with E-state index in [9.17, 15) is 4.39 Å². The fourth-order valence-corrected chi connectivity index (χ4v) is 1.24. The molecule has 13 heavy (non-hydrogen) atoms. The van der Waals surface area contributed by atoms with Crippen LogP contribution in [0.3, 0.4) is 0 Å². The zero-order valence-electron chi connectivity index (χ0n) is 6.72. The summed E-state index contributed by atoms with van der Waals surface area (Å²) < 4.78 is 13.0. The van der Waals surface area contributed by atoms with Gasteiger partial charge in [0.2, 0.25) is 0 Å². The largest absolute Gasteiger partial charge is 0.506 e. The molecule has 0 fully saturated rings. The van der Waals surface area contributed by atoms with Crippen LogP contribution in [0.1, 0.15) is 12.0 Å². The first-order valence-electron chi connectivity index (χ1n) is 3.69. The lowest BCUT2D eigenvalue weighted by Crippen LogP contribution is -1.91. The van der Waals surface area contributed by atoms with Crippen LogP contribution in [0.25, 0.3) is 0 Å². The predicted octanol–water partition coefficient (Wildman–Crippen LogP) is 2.64. The van der Waals surface area contributed by atoms with Crippen molar-refractivity contribution in [2.45, 2.75) is 12.8 Å². The Bertz CT molecular complexity index is 359. The van der Waals surface area contributed by atoms with E-state index >= 15 is 0 Å². The fourth-order valence-electron chi connectivity index (χ4n) is 0.995. The zero-order valence-corrected chi connectivity index (χ0v) is 7.48. The van der Waals surface area contributed by atoms with E-state index in [2.05, 4.69) is 0 Å². The summed E-state index contributed by atoms with van der Waals surface area (Å²) in [5.74, 6) is -0.644. The highest BCUT2D eigenvalue weighted by molar-refractivity contribution is 6.32. The zero-order chi connectivity index (χ0) is 9.84. The van der Waals surface area contributed by atoms with E-state index in [1.165, 1.54) is 6.07 Å². The monoisotopic (exact) mass is 199 g/mol. The highest BCUT2D eigenvalue weighted by Crippen LogP contribution is 2.29. The SMILES string of the molecule is N#CCCc1c(F)ccc(O)c1Cl. The first-order chi connectivity index (χ1) is 6.16. The van der Waals surface area contributed by atoms with E-state index in [4.69, 9.17) is 22.0 Å². The van der Waals surface area contributed by atoms with Crippen LogP contribution < -0.4 is 0 Å². The normalized spacial score (nSPS) is 9.62. The summed E-state index contributed by atoms with van der Waals surface area (Å²) in [6.45, 7) is 0. The van der Waals surface area contributed by atoms with E-state index in [1.54, 1.807) is 0 Å². The molecule has 1 N–H and O–H groups in total. The molecular weight excluding hydrogens is 193 g/mol. The molecule has 1 aromatic carbocycles. The Kier molecular flexibility index (Phi) is 3.10. The Morgan fingerprint density at radius 3 is 2.85 bits per heavy atom. The van der Waals surface area contributed by atoms with Crippen molar-refractivity contribution in [3.8, 4) is 11.8 Å². The second-order valence-corrected chi connectivity index (χ2v) is 2.90. The Balaban J connectivity index is 3.04. The molecule has 0 saturated heterocycles. The van der Waals surface area contributed by atoms with Crippen molar-refractivity contribution < 1.29 is 9.50 Å². The molecule has 1 rings (SSSR count). The molecule has 0 aliphatic heterocycles. The van der Waals surface area contributed by atoms with Gasteiger partial charge in [0, 0.05) is 12.0 Å². The molecule has 0 spiro atoms. The van der Waals surface area contributed by atoms with Crippen molar-refractivity contribution in [1.82, 2.24) is 0 Å². The lowest BCUT2D eigenvalue weighted by atomic mass is 10.1. The first-order valence-corrected chi connectivity index (χ1v) is 4.07. The molecule has 0 unspecified atom stereocenters. The lowest BCUT2D eigenvalue weighted by Gasteiger charge is -2.04. The van der Waals surface area contributed by atoms with Gasteiger partial charge in [-0.3, -0.25) is 0 Å². The van der Waals surface area contributed by atoms with E-state index in [-0.39, 0.29) is 29.2 Å². The third kappa shape index (κ3) is 2.10. The lowest BCUT2D eigenvalue weighted by molar-refractivity contribution is 0.471. The van der Waals surface area contributed by atoms with E-state index in [1.807, 2.05) is 6.07 Å². The average Bonchev–Trinajstić information content (AvgIpc) is 2.12. The quantitative estimate of drug-likeness (QED) is 0.796. The molecule has 1 aromatic rings. The molecule has 0 bridgehead atoms. The van der Waals surface area contributed by atoms with Gasteiger partial charge >= 0.3 is 0 Å². The van der Waals surface area contributed by atoms with Crippen LogP contribution >= 0.6 is 11.6 Å². The van der Waals surface area contributed by atoms with E-state index in [0.29, 0.717) is 0 Å². The minimum absolute atomic E-state index is 0.00440. The Morgan fingerprint density at radius 1 is 1.54 bits per heavy atom. The van der Waals surface area contributed by atoms with Crippen molar-refractivity contribution in [3.63, 3.8) is 0 Å². The number of halogens is 2. The van der Waals surface area contributed by atoms with Crippen LogP contribution in [0.15, 0.2) is 12.1 Å². The third-order valence-corrected chi connectivity index (χ3v) is 2.07. The fraction of sp³-hybridized carbons (Fsp3) is 0.222. The standard InChI is InChI=1S/C9H7ClFNO/c10-9-6(2-1-5-12)7(11)3-4-8(9)13/h3-4,13H,1-2H2. The van der Waals surface area contributed by atoms with Gasteiger partial charge in [-0.25, -0.2) is 4.39 Å². The highest BCUT2D eigenvalue weighted by atomic mass is 35.5. The summed E-state index contributed by atoms with van der Waals surface area (Å²) in [5, 5.41) is 17.4. The summed E-state index contributed by atoms with van der Waals surface area (Å²) in [6, 6.07) is 4.20. The van der Waals surface area contributed by atoms with Gasteiger partial charge < -0.3 is 5.11 Å². The van der Waals surface area contributed by atoms with Crippen LogP contribution in [0.4, 0.5) is 4.39 Å². The molecule has 0 aliphatic rings. The number of rotatable bonds is 2. The maximum Gasteiger partial charge on any atom is 0.134 e. The van der Waals surface area contributed by atoms with E-state index < -0.39 is 5.82 Å². The second kappa shape index (κ2) is 4.11. The minimum atomic E-state index is -0.488. The highest BCUT2D eigenvalue weighted by Gasteiger charge is 2.10. The van der Waals surface area contributed by atoms with E-state index in [0.717, 1.165) is 6.07 Å². The number of hydrogen-bond donors (Lipinski definition) is 1. The van der Waals surface area contributed by atoms with Crippen LogP contribution in [-0.4, -0.2) is 5.11 Å². The molecular formula is C9H7ClFNO. The molecule has 2 nitrogen and oxygen atoms in total. The van der Waals surface area contributed by atoms with Gasteiger partial charge in [0.05, 0.1) is 11.1 Å². The Labute approximate surface area is 80.2 Å². The summed E-state index contributed by atoms with van der Waals surface area (Å²) in [7, 11) is 0. The Hall–Kier alpha value is -1.27. The second-order valence-electron chi connectivity index (χ2n) is 2.52. The number of phenolic OH excluding ortho intramolecular Hbond substituents is 1. The first kappa shape index (κ1) is 9.82. The molecule has 68 valence electrons. The molecule has 0 heterocycles. The maximum absolute atomic E-state index is 13.0. The van der Waals surface area contributed by atoms with Gasteiger partial charge in [0.15, 0.2) is 0 Å². The van der Waals surface area contributed by atoms with Crippen molar-refractivity contribution in [3.05, 3.63) is 28.5 Å². The van der Waals surface area contributed by atoms with Crippen LogP contribution in [0.2, 0.25) is 5.02 Å². The van der Waals surface area contributed by atoms with Gasteiger partial charge in [-0.15, -0.1) is 0 Å². The summed E-state index contributed by atoms with van der Waals surface area (Å²) in [5.41, 5.74) is 0.197. The van der Waals surface area contributed by atoms with Crippen LogP contribution in [-0.2, 0) is 6.42 Å². The molecule has 0 atom stereocenters. The summed E-state index contributed by atoms with van der Waals surface area (Å²) >= 11 is 5.63. The predicted molar refractivity (Wildman–Crippen MR) is 47.0 cm³/mol. The minimum Gasteiger partial charge on any atom is -0.506 e. The van der Waals surface area contributed by atoms with Crippen molar-refractivity contribution in [2.24, 2.45) is 0 Å². The van der Waals surface area contributed by atoms with Gasteiger partial charge in [0.25, 0.3) is 0 Å². The van der Waals surface area contributed by atoms with Gasteiger partial charge in [-0.2, -0.15) is 5.26 Å². The van der Waals surface area contributed by atoms with Gasteiger partial charge in [-0.1, -0.05) is 11.6 Å². The smallest absolute Gasteiger partial charge is 0.134 e. The average molecular weight is 200 g/mol. The van der Waals surface area contributed by atoms with Crippen LogP contribution in [0.5, 0.6) is 5.75 Å². The summed E-state index contributed by atoms with van der Waals surface area (Å²) in [4.78, 5) is 0. The van der Waals surface area contributed by atoms with Crippen LogP contribution in [0, 0.1) is 17.1 Å². The van der Waals surface area contributed by atoms with Crippen molar-refractivity contribution in [2.75, 3.05) is 0 Å². The van der Waals surface area contributed by atoms with Crippen molar-refractivity contribution >= 4 is 11.6 Å². The number of benzene rings is 1. The number of aromatic hydroxyl groups is 1. The third-order valence-electron chi connectivity index (χ3n) is 1.65. The number of hydrogen-bond acceptors (Lipinski definition) is 2. The Morgan fingerprint density at radius 2 is 2.23 bits per heavy atom. The number of nitrogens with zero attached hydrogens (tertiary/aromatic N) is 1. The molecule has 0 radical (unpaired) electrons. The number of phenols is 1. The van der Waals surface area contributed by atoms with Crippen molar-refractivity contribution in [1.29, 1.82) is 5.26 Å². The molecule has 0 aromatic heterocycles. The summed E-state index contributed by atoms with van der Waals surface area (Å²) in [6.07, 6.45) is 0.398. The topological polar surface area (TPSA) is 44.0 Å². The molecule has 0 amide bonds. The van der Waals surface area contributed by atoms with Gasteiger partial charge in [0.1, 0.15) is 11.6 Å². The molecule has 0 aliphatic carbocycles.